The van der Waals surface area contributed by atoms with E-state index < -0.39 is 0 Å². The molecular formula is C25H37ClN6O2S. The van der Waals surface area contributed by atoms with Gasteiger partial charge in [-0.1, -0.05) is 19.1 Å². The lowest BCUT2D eigenvalue weighted by atomic mass is 10.2. The third kappa shape index (κ3) is 6.13. The Balaban J connectivity index is 0.00000342. The van der Waals surface area contributed by atoms with Crippen LogP contribution in [0.1, 0.15) is 38.8 Å². The fraction of sp³-hybridized carbons (Fsp3) is 0.560. The van der Waals surface area contributed by atoms with Gasteiger partial charge >= 0.3 is 5.69 Å². The van der Waals surface area contributed by atoms with Gasteiger partial charge in [-0.05, 0) is 57.5 Å². The van der Waals surface area contributed by atoms with Gasteiger partial charge in [0.05, 0.1) is 16.9 Å². The molecule has 1 aliphatic heterocycles. The smallest absolute Gasteiger partial charge is 0.328 e. The molecule has 0 saturated carbocycles. The van der Waals surface area contributed by atoms with Crippen molar-refractivity contribution >= 4 is 40.9 Å². The molecule has 10 heteroatoms. The molecule has 1 fully saturated rings. The second kappa shape index (κ2) is 12.6. The lowest BCUT2D eigenvalue weighted by Crippen LogP contribution is -2.46. The van der Waals surface area contributed by atoms with E-state index in [0.29, 0.717) is 29.8 Å². The summed E-state index contributed by atoms with van der Waals surface area (Å²) in [5, 5.41) is 4.38. The van der Waals surface area contributed by atoms with Crippen LogP contribution in [0.3, 0.4) is 0 Å². The first kappa shape index (κ1) is 27.4. The first-order valence-electron chi connectivity index (χ1n) is 12.4. The normalized spacial score (nSPS) is 14.4. The van der Waals surface area contributed by atoms with Crippen molar-refractivity contribution in [3.63, 3.8) is 0 Å². The van der Waals surface area contributed by atoms with Gasteiger partial charge < -0.3 is 9.88 Å². The Kier molecular flexibility index (Phi) is 9.89. The highest BCUT2D eigenvalue weighted by atomic mass is 35.5. The molecule has 3 heterocycles. The summed E-state index contributed by atoms with van der Waals surface area (Å²) in [7, 11) is 0. The largest absolute Gasteiger partial charge is 0.368 e. The molecule has 0 aliphatic carbocycles. The number of aryl methyl sites for hydroxylation is 2. The van der Waals surface area contributed by atoms with Crippen LogP contribution < -0.4 is 16.1 Å². The standard InChI is InChI=1S/C25H36N6O2S.ClH/c1-4-18-34-21-11-7-6-10-20(21)29-16-14-28(15-17-29)12-8-9-13-30-24(32)23-22(26-25(30)33)19(3)27-31(23)5-2;/h6-7,10-11H,4-5,8-9,12-18H2,1-3H3,(H,26,33);1H. The number of anilines is 1. The molecule has 3 aromatic rings. The number of rotatable bonds is 10. The minimum atomic E-state index is -0.343. The van der Waals surface area contributed by atoms with E-state index in [4.69, 9.17) is 0 Å². The summed E-state index contributed by atoms with van der Waals surface area (Å²) < 4.78 is 3.01. The lowest BCUT2D eigenvalue weighted by Gasteiger charge is -2.37. The van der Waals surface area contributed by atoms with Gasteiger partial charge in [-0.25, -0.2) is 4.79 Å². The van der Waals surface area contributed by atoms with Gasteiger partial charge in [0.1, 0.15) is 0 Å². The molecule has 8 nitrogen and oxygen atoms in total. The van der Waals surface area contributed by atoms with E-state index in [2.05, 4.69) is 51.1 Å². The average Bonchev–Trinajstić information content (AvgIpc) is 3.18. The van der Waals surface area contributed by atoms with Crippen molar-refractivity contribution in [2.24, 2.45) is 0 Å². The van der Waals surface area contributed by atoms with Crippen molar-refractivity contribution < 1.29 is 0 Å². The van der Waals surface area contributed by atoms with Crippen LogP contribution in [-0.4, -0.2) is 62.7 Å². The highest BCUT2D eigenvalue weighted by Gasteiger charge is 2.19. The summed E-state index contributed by atoms with van der Waals surface area (Å²) in [6.45, 7) is 12.1. The van der Waals surface area contributed by atoms with Crippen molar-refractivity contribution in [1.82, 2.24) is 24.2 Å². The third-order valence-electron chi connectivity index (χ3n) is 6.50. The first-order chi connectivity index (χ1) is 16.5. The van der Waals surface area contributed by atoms with Crippen LogP contribution in [0.15, 0.2) is 38.8 Å². The Morgan fingerprint density at radius 3 is 2.46 bits per heavy atom. The maximum Gasteiger partial charge on any atom is 0.328 e. The fourth-order valence-corrected chi connectivity index (χ4v) is 5.59. The minimum absolute atomic E-state index is 0. The van der Waals surface area contributed by atoms with E-state index in [0.717, 1.165) is 51.3 Å². The Morgan fingerprint density at radius 2 is 1.74 bits per heavy atom. The Labute approximate surface area is 217 Å². The molecule has 1 saturated heterocycles. The van der Waals surface area contributed by atoms with Crippen LogP contribution >= 0.6 is 24.2 Å². The van der Waals surface area contributed by atoms with E-state index in [9.17, 15) is 9.59 Å². The van der Waals surface area contributed by atoms with Gasteiger partial charge in [0, 0.05) is 44.2 Å². The molecule has 0 unspecified atom stereocenters. The lowest BCUT2D eigenvalue weighted by molar-refractivity contribution is 0.250. The highest BCUT2D eigenvalue weighted by molar-refractivity contribution is 7.99. The summed E-state index contributed by atoms with van der Waals surface area (Å²) >= 11 is 1.95. The number of hydrogen-bond donors (Lipinski definition) is 1. The average molecular weight is 521 g/mol. The molecule has 0 bridgehead atoms. The van der Waals surface area contributed by atoms with Gasteiger partial charge in [-0.15, -0.1) is 24.2 Å². The van der Waals surface area contributed by atoms with Gasteiger partial charge in [0.2, 0.25) is 0 Å². The molecule has 1 aromatic carbocycles. The number of nitrogens with zero attached hydrogens (tertiary/aromatic N) is 5. The second-order valence-electron chi connectivity index (χ2n) is 8.86. The molecule has 1 N–H and O–H groups in total. The molecule has 192 valence electrons. The fourth-order valence-electron chi connectivity index (χ4n) is 4.65. The quantitative estimate of drug-likeness (QED) is 0.324. The van der Waals surface area contributed by atoms with Crippen LogP contribution in [-0.2, 0) is 13.1 Å². The number of aromatic nitrogens is 4. The Hall–Kier alpha value is -2.23. The molecular weight excluding hydrogens is 484 g/mol. The van der Waals surface area contributed by atoms with Crippen LogP contribution in [0.2, 0.25) is 0 Å². The maximum absolute atomic E-state index is 13.0. The summed E-state index contributed by atoms with van der Waals surface area (Å²) in [6.07, 6.45) is 2.93. The SMILES string of the molecule is CCCSc1ccccc1N1CCN(CCCCn2c(=O)[nH]c3c(C)nn(CC)c3c2=O)CC1.Cl. The third-order valence-corrected chi connectivity index (χ3v) is 7.77. The summed E-state index contributed by atoms with van der Waals surface area (Å²) in [5.74, 6) is 1.15. The summed E-state index contributed by atoms with van der Waals surface area (Å²) in [5.41, 5.74) is 2.51. The van der Waals surface area contributed by atoms with Crippen molar-refractivity contribution in [1.29, 1.82) is 0 Å². The molecule has 1 aliphatic rings. The molecule has 2 aromatic heterocycles. The molecule has 0 radical (unpaired) electrons. The molecule has 0 spiro atoms. The van der Waals surface area contributed by atoms with E-state index >= 15 is 0 Å². The molecule has 0 atom stereocenters. The number of halogens is 1. The number of benzene rings is 1. The number of para-hydroxylation sites is 1. The highest BCUT2D eigenvalue weighted by Crippen LogP contribution is 2.31. The number of piperazine rings is 1. The zero-order chi connectivity index (χ0) is 24.1. The Morgan fingerprint density at radius 1 is 1.03 bits per heavy atom. The van der Waals surface area contributed by atoms with Crippen LogP contribution in [0.25, 0.3) is 11.0 Å². The molecule has 35 heavy (non-hydrogen) atoms. The van der Waals surface area contributed by atoms with Crippen molar-refractivity contribution in [3.05, 3.63) is 50.8 Å². The number of H-pyrrole nitrogens is 1. The number of fused-ring (bicyclic) bond motifs is 1. The van der Waals surface area contributed by atoms with Gasteiger partial charge in [0.25, 0.3) is 5.56 Å². The van der Waals surface area contributed by atoms with Crippen LogP contribution in [0.4, 0.5) is 5.69 Å². The predicted octanol–water partition coefficient (Wildman–Crippen LogP) is 3.74. The monoisotopic (exact) mass is 520 g/mol. The zero-order valence-corrected chi connectivity index (χ0v) is 22.6. The van der Waals surface area contributed by atoms with E-state index in [1.807, 2.05) is 25.6 Å². The molecule has 0 amide bonds. The van der Waals surface area contributed by atoms with E-state index in [1.54, 1.807) is 4.68 Å². The topological polar surface area (TPSA) is 79.2 Å². The van der Waals surface area contributed by atoms with E-state index in [-0.39, 0.29) is 23.7 Å². The summed E-state index contributed by atoms with van der Waals surface area (Å²) in [4.78, 5) is 34.7. The second-order valence-corrected chi connectivity index (χ2v) is 10.0. The molecule has 4 rings (SSSR count). The number of hydrogen-bond acceptors (Lipinski definition) is 6. The number of unbranched alkanes of at least 4 members (excludes halogenated alkanes) is 1. The minimum Gasteiger partial charge on any atom is -0.368 e. The number of nitrogens with one attached hydrogen (secondary N) is 1. The van der Waals surface area contributed by atoms with Crippen molar-refractivity contribution in [2.45, 2.75) is 58.0 Å². The van der Waals surface area contributed by atoms with Crippen LogP contribution in [0.5, 0.6) is 0 Å². The Bertz CT molecular complexity index is 1230. The van der Waals surface area contributed by atoms with Gasteiger partial charge in [0.15, 0.2) is 5.52 Å². The number of aromatic amines is 1. The predicted molar refractivity (Wildman–Crippen MR) is 148 cm³/mol. The van der Waals surface area contributed by atoms with Crippen molar-refractivity contribution in [2.75, 3.05) is 43.4 Å². The van der Waals surface area contributed by atoms with Gasteiger partial charge in [-0.2, -0.15) is 5.10 Å². The van der Waals surface area contributed by atoms with Gasteiger partial charge in [-0.3, -0.25) is 18.9 Å². The number of thioether (sulfide) groups is 1. The first-order valence-corrected chi connectivity index (χ1v) is 13.4. The van der Waals surface area contributed by atoms with Crippen molar-refractivity contribution in [3.8, 4) is 0 Å². The summed E-state index contributed by atoms with van der Waals surface area (Å²) in [6, 6.07) is 8.74. The van der Waals surface area contributed by atoms with E-state index in [1.165, 1.54) is 21.6 Å². The zero-order valence-electron chi connectivity index (χ0n) is 21.0. The maximum atomic E-state index is 13.0. The van der Waals surface area contributed by atoms with Crippen LogP contribution in [0, 0.1) is 6.92 Å².